The minimum Gasteiger partial charge on any atom is -0.497 e. The van der Waals surface area contributed by atoms with Crippen molar-refractivity contribution in [2.45, 2.75) is 25.5 Å². The summed E-state index contributed by atoms with van der Waals surface area (Å²) in [6, 6.07) is 16.8. The SMILES string of the molecule is COc1ccc(Cn2c(SCC(=O)Nc3ccc(C)cc3C)nc3ncccc3c2=O)cc1. The summed E-state index contributed by atoms with van der Waals surface area (Å²) in [5.41, 5.74) is 4.00. The average molecular weight is 461 g/mol. The van der Waals surface area contributed by atoms with E-state index < -0.39 is 0 Å². The van der Waals surface area contributed by atoms with E-state index in [2.05, 4.69) is 15.3 Å². The third-order valence-electron chi connectivity index (χ3n) is 5.18. The molecule has 2 aromatic heterocycles. The van der Waals surface area contributed by atoms with Crippen molar-refractivity contribution in [3.05, 3.63) is 87.8 Å². The monoisotopic (exact) mass is 460 g/mol. The molecule has 0 radical (unpaired) electrons. The van der Waals surface area contributed by atoms with Crippen LogP contribution in [0.1, 0.15) is 16.7 Å². The number of amides is 1. The number of pyridine rings is 1. The summed E-state index contributed by atoms with van der Waals surface area (Å²) in [7, 11) is 1.61. The molecule has 4 aromatic rings. The number of carbonyl (C=O) groups is 1. The van der Waals surface area contributed by atoms with Crippen LogP contribution in [0.4, 0.5) is 5.69 Å². The zero-order valence-corrected chi connectivity index (χ0v) is 19.5. The van der Waals surface area contributed by atoms with Crippen LogP contribution in [0.15, 0.2) is 70.7 Å². The smallest absolute Gasteiger partial charge is 0.263 e. The number of fused-ring (bicyclic) bond motifs is 1. The number of carbonyl (C=O) groups excluding carboxylic acids is 1. The summed E-state index contributed by atoms with van der Waals surface area (Å²) in [5, 5.41) is 3.82. The molecule has 0 fully saturated rings. The molecule has 0 aliphatic carbocycles. The lowest BCUT2D eigenvalue weighted by Crippen LogP contribution is -2.25. The second-order valence-corrected chi connectivity index (χ2v) is 8.61. The molecule has 1 N–H and O–H groups in total. The van der Waals surface area contributed by atoms with Gasteiger partial charge in [0.1, 0.15) is 5.75 Å². The summed E-state index contributed by atoms with van der Waals surface area (Å²) in [6.45, 7) is 4.29. The number of ether oxygens (including phenoxy) is 1. The number of anilines is 1. The van der Waals surface area contributed by atoms with Gasteiger partial charge in [0.15, 0.2) is 10.8 Å². The zero-order valence-electron chi connectivity index (χ0n) is 18.7. The highest BCUT2D eigenvalue weighted by Gasteiger charge is 2.15. The molecule has 0 spiro atoms. The van der Waals surface area contributed by atoms with E-state index in [9.17, 15) is 9.59 Å². The Kier molecular flexibility index (Phi) is 6.74. The molecule has 2 aromatic carbocycles. The normalized spacial score (nSPS) is 10.9. The van der Waals surface area contributed by atoms with Gasteiger partial charge < -0.3 is 10.1 Å². The molecule has 0 unspecified atom stereocenters. The molecule has 4 rings (SSSR count). The summed E-state index contributed by atoms with van der Waals surface area (Å²) in [5.74, 6) is 0.684. The van der Waals surface area contributed by atoms with Gasteiger partial charge in [-0.25, -0.2) is 9.97 Å². The van der Waals surface area contributed by atoms with E-state index >= 15 is 0 Å². The van der Waals surface area contributed by atoms with Crippen LogP contribution in [0.5, 0.6) is 5.75 Å². The largest absolute Gasteiger partial charge is 0.497 e. The van der Waals surface area contributed by atoms with Gasteiger partial charge in [0.05, 0.1) is 24.8 Å². The Hall–Kier alpha value is -3.65. The second-order valence-electron chi connectivity index (χ2n) is 7.66. The van der Waals surface area contributed by atoms with Crippen LogP contribution in [-0.4, -0.2) is 33.3 Å². The Morgan fingerprint density at radius 2 is 1.91 bits per heavy atom. The minimum atomic E-state index is -0.193. The second kappa shape index (κ2) is 9.87. The van der Waals surface area contributed by atoms with Crippen molar-refractivity contribution in [2.75, 3.05) is 18.2 Å². The van der Waals surface area contributed by atoms with E-state index in [0.717, 1.165) is 28.1 Å². The number of benzene rings is 2. The standard InChI is InChI=1S/C25H24N4O3S/c1-16-6-11-21(17(2)13-16)27-22(30)15-33-25-28-23-20(5-4-12-26-23)24(31)29(25)14-18-7-9-19(32-3)10-8-18/h4-13H,14-15H2,1-3H3,(H,27,30). The molecular weight excluding hydrogens is 436 g/mol. The van der Waals surface area contributed by atoms with Crippen molar-refractivity contribution in [2.24, 2.45) is 0 Å². The first kappa shape index (κ1) is 22.5. The molecular formula is C25H24N4O3S. The van der Waals surface area contributed by atoms with Gasteiger partial charge in [-0.2, -0.15) is 0 Å². The van der Waals surface area contributed by atoms with Crippen LogP contribution in [0.2, 0.25) is 0 Å². The van der Waals surface area contributed by atoms with Crippen LogP contribution in [0.25, 0.3) is 11.0 Å². The van der Waals surface area contributed by atoms with Crippen molar-refractivity contribution in [1.29, 1.82) is 0 Å². The molecule has 33 heavy (non-hydrogen) atoms. The molecule has 168 valence electrons. The molecule has 0 atom stereocenters. The van der Waals surface area contributed by atoms with Crippen molar-refractivity contribution in [3.8, 4) is 5.75 Å². The maximum Gasteiger partial charge on any atom is 0.263 e. The van der Waals surface area contributed by atoms with E-state index in [1.54, 1.807) is 30.0 Å². The van der Waals surface area contributed by atoms with E-state index in [4.69, 9.17) is 4.74 Å². The third-order valence-corrected chi connectivity index (χ3v) is 6.16. The summed E-state index contributed by atoms with van der Waals surface area (Å²) in [6.07, 6.45) is 1.60. The van der Waals surface area contributed by atoms with Crippen LogP contribution in [0, 0.1) is 13.8 Å². The fourth-order valence-corrected chi connectivity index (χ4v) is 4.26. The van der Waals surface area contributed by atoms with Crippen LogP contribution in [-0.2, 0) is 11.3 Å². The lowest BCUT2D eigenvalue weighted by atomic mass is 10.1. The summed E-state index contributed by atoms with van der Waals surface area (Å²) in [4.78, 5) is 34.7. The van der Waals surface area contributed by atoms with Gasteiger partial charge in [-0.05, 0) is 55.3 Å². The molecule has 1 amide bonds. The lowest BCUT2D eigenvalue weighted by Gasteiger charge is -2.14. The molecule has 2 heterocycles. The van der Waals surface area contributed by atoms with Gasteiger partial charge in [-0.3, -0.25) is 14.2 Å². The number of aromatic nitrogens is 3. The van der Waals surface area contributed by atoms with Crippen LogP contribution < -0.4 is 15.6 Å². The number of nitrogens with zero attached hydrogens (tertiary/aromatic N) is 3. The fourth-order valence-electron chi connectivity index (χ4n) is 3.47. The summed E-state index contributed by atoms with van der Waals surface area (Å²) >= 11 is 1.21. The minimum absolute atomic E-state index is 0.112. The zero-order chi connectivity index (χ0) is 23.4. The first-order valence-electron chi connectivity index (χ1n) is 10.4. The summed E-state index contributed by atoms with van der Waals surface area (Å²) < 4.78 is 6.80. The van der Waals surface area contributed by atoms with Gasteiger partial charge in [-0.15, -0.1) is 0 Å². The first-order valence-corrected chi connectivity index (χ1v) is 11.4. The Morgan fingerprint density at radius 3 is 2.64 bits per heavy atom. The fraction of sp³-hybridized carbons (Fsp3) is 0.200. The number of rotatable bonds is 7. The topological polar surface area (TPSA) is 86.1 Å². The van der Waals surface area contributed by atoms with E-state index in [0.29, 0.717) is 22.7 Å². The Balaban J connectivity index is 1.60. The third kappa shape index (κ3) is 5.23. The molecule has 8 heteroatoms. The van der Waals surface area contributed by atoms with Crippen LogP contribution in [0.3, 0.4) is 0 Å². The molecule has 0 saturated carbocycles. The Morgan fingerprint density at radius 1 is 1.12 bits per heavy atom. The molecule has 0 saturated heterocycles. The van der Waals surface area contributed by atoms with Gasteiger partial charge in [0, 0.05) is 11.9 Å². The van der Waals surface area contributed by atoms with Gasteiger partial charge in [0.25, 0.3) is 5.56 Å². The van der Waals surface area contributed by atoms with Crippen molar-refractivity contribution >= 4 is 34.4 Å². The lowest BCUT2D eigenvalue weighted by molar-refractivity contribution is -0.113. The van der Waals surface area contributed by atoms with E-state index in [-0.39, 0.29) is 17.2 Å². The molecule has 0 aliphatic heterocycles. The quantitative estimate of drug-likeness (QED) is 0.329. The highest BCUT2D eigenvalue weighted by atomic mass is 32.2. The predicted octanol–water partition coefficient (Wildman–Crippen LogP) is 4.20. The number of methoxy groups -OCH3 is 1. The van der Waals surface area contributed by atoms with Crippen LogP contribution >= 0.6 is 11.8 Å². The van der Waals surface area contributed by atoms with E-state index in [1.165, 1.54) is 11.8 Å². The molecule has 0 aliphatic rings. The number of thioether (sulfide) groups is 1. The molecule has 7 nitrogen and oxygen atoms in total. The van der Waals surface area contributed by atoms with Gasteiger partial charge in [-0.1, -0.05) is 41.6 Å². The van der Waals surface area contributed by atoms with Gasteiger partial charge >= 0.3 is 0 Å². The number of hydrogen-bond acceptors (Lipinski definition) is 6. The number of hydrogen-bond donors (Lipinski definition) is 1. The Labute approximate surface area is 195 Å². The first-order chi connectivity index (χ1) is 15.9. The number of aryl methyl sites for hydroxylation is 2. The van der Waals surface area contributed by atoms with Crippen molar-refractivity contribution in [1.82, 2.24) is 14.5 Å². The van der Waals surface area contributed by atoms with Crippen molar-refractivity contribution < 1.29 is 9.53 Å². The number of nitrogens with one attached hydrogen (secondary N) is 1. The highest BCUT2D eigenvalue weighted by molar-refractivity contribution is 7.99. The molecule has 0 bridgehead atoms. The maximum atomic E-state index is 13.2. The average Bonchev–Trinajstić information content (AvgIpc) is 2.82. The van der Waals surface area contributed by atoms with Crippen molar-refractivity contribution in [3.63, 3.8) is 0 Å². The maximum absolute atomic E-state index is 13.2. The van der Waals surface area contributed by atoms with E-state index in [1.807, 2.05) is 56.3 Å². The van der Waals surface area contributed by atoms with Gasteiger partial charge in [0.2, 0.25) is 5.91 Å². The Bertz CT molecular complexity index is 1370. The predicted molar refractivity (Wildman–Crippen MR) is 131 cm³/mol. The highest BCUT2D eigenvalue weighted by Crippen LogP contribution is 2.21.